The average Bonchev–Trinajstić information content (AvgIpc) is 2.67. The first kappa shape index (κ1) is 17.8. The molecule has 1 aromatic carbocycles. The van der Waals surface area contributed by atoms with E-state index in [-0.39, 0.29) is 17.5 Å². The first-order chi connectivity index (χ1) is 12.6. The monoisotopic (exact) mass is 355 g/mol. The normalized spacial score (nSPS) is 15.3. The number of piperidine rings is 1. The number of carbonyl (C=O) groups excluding carboxylic acids is 1. The van der Waals surface area contributed by atoms with Crippen molar-refractivity contribution < 1.29 is 14.5 Å². The van der Waals surface area contributed by atoms with Crippen LogP contribution in [0, 0.1) is 17.0 Å². The number of hydrogen-bond acceptors (Lipinski definition) is 5. The summed E-state index contributed by atoms with van der Waals surface area (Å²) in [5, 5.41) is 11.3. The van der Waals surface area contributed by atoms with Gasteiger partial charge in [0.25, 0.3) is 5.91 Å². The maximum absolute atomic E-state index is 13.1. The van der Waals surface area contributed by atoms with Crippen molar-refractivity contribution in [1.82, 2.24) is 9.88 Å². The largest absolute Gasteiger partial charge is 0.467 e. The van der Waals surface area contributed by atoms with E-state index < -0.39 is 11.0 Å². The number of benzene rings is 1. The van der Waals surface area contributed by atoms with Crippen LogP contribution in [0.15, 0.2) is 42.5 Å². The summed E-state index contributed by atoms with van der Waals surface area (Å²) in [6, 6.07) is 12.2. The molecule has 136 valence electrons. The second kappa shape index (κ2) is 7.95. The van der Waals surface area contributed by atoms with Crippen molar-refractivity contribution in [2.45, 2.75) is 32.3 Å². The Labute approximate surface area is 151 Å². The number of aryl methyl sites for hydroxylation is 1. The number of ether oxygens (including phenoxy) is 1. The Morgan fingerprint density at radius 2 is 1.85 bits per heavy atom. The summed E-state index contributed by atoms with van der Waals surface area (Å²) < 4.78 is 5.87. The van der Waals surface area contributed by atoms with E-state index in [2.05, 4.69) is 4.98 Å². The number of aromatic nitrogens is 1. The summed E-state index contributed by atoms with van der Waals surface area (Å²) in [7, 11) is 0. The van der Waals surface area contributed by atoms with E-state index >= 15 is 0 Å². The van der Waals surface area contributed by atoms with E-state index in [0.717, 1.165) is 19.3 Å². The summed E-state index contributed by atoms with van der Waals surface area (Å²) in [6.45, 7) is 3.03. The number of nitro groups is 1. The molecular formula is C19H21N3O4. The predicted octanol–water partition coefficient (Wildman–Crippen LogP) is 3.43. The van der Waals surface area contributed by atoms with Gasteiger partial charge in [-0.3, -0.25) is 4.79 Å². The molecule has 1 atom stereocenters. The van der Waals surface area contributed by atoms with Crippen LogP contribution in [0.25, 0.3) is 0 Å². The van der Waals surface area contributed by atoms with Crippen molar-refractivity contribution in [3.05, 3.63) is 63.8 Å². The molecule has 1 fully saturated rings. The SMILES string of the molecule is Cc1ccc(OC(C(=O)N2CCCCC2)c2ccccc2)c([N+](=O)[O-])n1. The molecule has 0 saturated carbocycles. The third kappa shape index (κ3) is 3.99. The maximum atomic E-state index is 13.1. The van der Waals surface area contributed by atoms with Gasteiger partial charge in [-0.15, -0.1) is 0 Å². The highest BCUT2D eigenvalue weighted by Crippen LogP contribution is 2.31. The van der Waals surface area contributed by atoms with Crippen LogP contribution in [0.5, 0.6) is 5.75 Å². The number of nitrogens with zero attached hydrogens (tertiary/aromatic N) is 3. The number of pyridine rings is 1. The average molecular weight is 355 g/mol. The van der Waals surface area contributed by atoms with Crippen LogP contribution in [0.2, 0.25) is 0 Å². The molecule has 2 heterocycles. The minimum Gasteiger partial charge on any atom is -0.467 e. The Balaban J connectivity index is 1.94. The molecule has 1 aromatic heterocycles. The van der Waals surface area contributed by atoms with Gasteiger partial charge in [-0.2, -0.15) is 0 Å². The van der Waals surface area contributed by atoms with Gasteiger partial charge >= 0.3 is 5.82 Å². The highest BCUT2D eigenvalue weighted by molar-refractivity contribution is 5.83. The van der Waals surface area contributed by atoms with Crippen molar-refractivity contribution >= 4 is 11.7 Å². The number of rotatable bonds is 5. The lowest BCUT2D eigenvalue weighted by Crippen LogP contribution is -2.40. The highest BCUT2D eigenvalue weighted by atomic mass is 16.6. The zero-order valence-corrected chi connectivity index (χ0v) is 14.6. The van der Waals surface area contributed by atoms with E-state index in [1.165, 1.54) is 6.07 Å². The standard InChI is InChI=1S/C19H21N3O4/c1-14-10-11-16(18(20-14)22(24)25)26-17(15-8-4-2-5-9-15)19(23)21-12-6-3-7-13-21/h2,4-5,8-11,17H,3,6-7,12-13H2,1H3. The molecule has 1 aliphatic rings. The van der Waals surface area contributed by atoms with Crippen LogP contribution >= 0.6 is 0 Å². The first-order valence-corrected chi connectivity index (χ1v) is 8.68. The topological polar surface area (TPSA) is 85.6 Å². The van der Waals surface area contributed by atoms with Crippen LogP contribution in [0.3, 0.4) is 0 Å². The van der Waals surface area contributed by atoms with Gasteiger partial charge in [-0.1, -0.05) is 30.3 Å². The minimum atomic E-state index is -0.933. The Hall–Kier alpha value is -2.96. The lowest BCUT2D eigenvalue weighted by molar-refractivity contribution is -0.390. The van der Waals surface area contributed by atoms with Gasteiger partial charge in [0, 0.05) is 25.6 Å². The Bertz CT molecular complexity index is 789. The second-order valence-corrected chi connectivity index (χ2v) is 6.33. The van der Waals surface area contributed by atoms with Gasteiger partial charge in [0.1, 0.15) is 5.69 Å². The summed E-state index contributed by atoms with van der Waals surface area (Å²) in [4.78, 5) is 29.5. The highest BCUT2D eigenvalue weighted by Gasteiger charge is 2.31. The van der Waals surface area contributed by atoms with Gasteiger partial charge in [0.2, 0.25) is 11.9 Å². The molecule has 1 saturated heterocycles. The van der Waals surface area contributed by atoms with E-state index in [4.69, 9.17) is 4.74 Å². The van der Waals surface area contributed by atoms with E-state index in [1.54, 1.807) is 30.0 Å². The van der Waals surface area contributed by atoms with Crippen molar-refractivity contribution in [2.24, 2.45) is 0 Å². The van der Waals surface area contributed by atoms with Gasteiger partial charge < -0.3 is 19.8 Å². The molecule has 1 aliphatic heterocycles. The fourth-order valence-electron chi connectivity index (χ4n) is 3.05. The van der Waals surface area contributed by atoms with Crippen LogP contribution in [0.1, 0.15) is 36.6 Å². The molecule has 7 nitrogen and oxygen atoms in total. The molecule has 0 aliphatic carbocycles. The van der Waals surface area contributed by atoms with Crippen LogP contribution in [0.4, 0.5) is 5.82 Å². The van der Waals surface area contributed by atoms with Gasteiger partial charge in [0.05, 0.1) is 0 Å². The number of carbonyl (C=O) groups is 1. The van der Waals surface area contributed by atoms with Gasteiger partial charge in [0.15, 0.2) is 0 Å². The molecule has 0 spiro atoms. The summed E-state index contributed by atoms with van der Waals surface area (Å²) in [5.74, 6) is -0.553. The molecule has 2 aromatic rings. The van der Waals surface area contributed by atoms with Gasteiger partial charge in [-0.25, -0.2) is 0 Å². The third-order valence-electron chi connectivity index (χ3n) is 4.39. The predicted molar refractivity (Wildman–Crippen MR) is 95.9 cm³/mol. The van der Waals surface area contributed by atoms with Crippen molar-refractivity contribution in [2.75, 3.05) is 13.1 Å². The van der Waals surface area contributed by atoms with Crippen LogP contribution in [-0.2, 0) is 4.79 Å². The molecule has 1 amide bonds. The lowest BCUT2D eigenvalue weighted by atomic mass is 10.1. The molecule has 0 radical (unpaired) electrons. The fourth-order valence-corrected chi connectivity index (χ4v) is 3.05. The quantitative estimate of drug-likeness (QED) is 0.606. The fraction of sp³-hybridized carbons (Fsp3) is 0.368. The Morgan fingerprint density at radius 1 is 1.15 bits per heavy atom. The number of amides is 1. The second-order valence-electron chi connectivity index (χ2n) is 6.33. The van der Waals surface area contributed by atoms with Crippen LogP contribution in [-0.4, -0.2) is 33.8 Å². The first-order valence-electron chi connectivity index (χ1n) is 8.68. The minimum absolute atomic E-state index is 0.000174. The van der Waals surface area contributed by atoms with E-state index in [9.17, 15) is 14.9 Å². The van der Waals surface area contributed by atoms with E-state index in [1.807, 2.05) is 18.2 Å². The van der Waals surface area contributed by atoms with E-state index in [0.29, 0.717) is 24.3 Å². The summed E-state index contributed by atoms with van der Waals surface area (Å²) in [6.07, 6.45) is 2.09. The smallest absolute Gasteiger partial charge is 0.406 e. The Kier molecular flexibility index (Phi) is 5.46. The zero-order valence-electron chi connectivity index (χ0n) is 14.6. The molecule has 7 heteroatoms. The molecule has 1 unspecified atom stereocenters. The molecule has 0 N–H and O–H groups in total. The van der Waals surface area contributed by atoms with Crippen molar-refractivity contribution in [3.63, 3.8) is 0 Å². The maximum Gasteiger partial charge on any atom is 0.406 e. The summed E-state index contributed by atoms with van der Waals surface area (Å²) >= 11 is 0. The number of hydrogen-bond donors (Lipinski definition) is 0. The zero-order chi connectivity index (χ0) is 18.5. The summed E-state index contributed by atoms with van der Waals surface area (Å²) in [5.41, 5.74) is 1.18. The molecule has 0 bridgehead atoms. The van der Waals surface area contributed by atoms with Crippen molar-refractivity contribution in [1.29, 1.82) is 0 Å². The molecular weight excluding hydrogens is 334 g/mol. The van der Waals surface area contributed by atoms with Gasteiger partial charge in [-0.05, 0) is 41.3 Å². The lowest BCUT2D eigenvalue weighted by Gasteiger charge is -2.30. The van der Waals surface area contributed by atoms with Crippen molar-refractivity contribution in [3.8, 4) is 5.75 Å². The third-order valence-corrected chi connectivity index (χ3v) is 4.39. The Morgan fingerprint density at radius 3 is 2.50 bits per heavy atom. The number of likely N-dealkylation sites (tertiary alicyclic amines) is 1. The molecule has 3 rings (SSSR count). The molecule has 26 heavy (non-hydrogen) atoms. The van der Waals surface area contributed by atoms with Crippen LogP contribution < -0.4 is 4.74 Å².